The highest BCUT2D eigenvalue weighted by molar-refractivity contribution is 7.07. The molecule has 5 heteroatoms. The molecule has 1 amide bonds. The van der Waals surface area contributed by atoms with Crippen LogP contribution in [-0.2, 0) is 6.42 Å². The molecule has 0 aliphatic carbocycles. The minimum atomic E-state index is -0.0559. The van der Waals surface area contributed by atoms with Gasteiger partial charge in [-0.25, -0.2) is 4.98 Å². The normalized spacial score (nSPS) is 11.9. The third-order valence-corrected chi connectivity index (χ3v) is 3.81. The van der Waals surface area contributed by atoms with E-state index in [-0.39, 0.29) is 11.9 Å². The highest BCUT2D eigenvalue weighted by atomic mass is 32.1. The molecule has 0 fully saturated rings. The summed E-state index contributed by atoms with van der Waals surface area (Å²) < 4.78 is 0. The van der Waals surface area contributed by atoms with E-state index in [0.29, 0.717) is 5.56 Å². The van der Waals surface area contributed by atoms with E-state index in [9.17, 15) is 4.79 Å². The number of hydrogen-bond donors (Lipinski definition) is 2. The van der Waals surface area contributed by atoms with Gasteiger partial charge >= 0.3 is 0 Å². The van der Waals surface area contributed by atoms with Gasteiger partial charge in [0, 0.05) is 24.3 Å². The lowest BCUT2D eigenvalue weighted by Gasteiger charge is -2.13. The topological polar surface area (TPSA) is 54.0 Å². The van der Waals surface area contributed by atoms with Crippen LogP contribution >= 0.6 is 11.3 Å². The van der Waals surface area contributed by atoms with E-state index in [1.54, 1.807) is 29.7 Å². The van der Waals surface area contributed by atoms with Gasteiger partial charge < -0.3 is 10.6 Å². The quantitative estimate of drug-likeness (QED) is 0.825. The fourth-order valence-corrected chi connectivity index (χ4v) is 2.72. The van der Waals surface area contributed by atoms with Gasteiger partial charge in [-0.2, -0.15) is 11.3 Å². The maximum atomic E-state index is 12.2. The predicted molar refractivity (Wildman–Crippen MR) is 88.0 cm³/mol. The number of amides is 1. The summed E-state index contributed by atoms with van der Waals surface area (Å²) in [6.07, 6.45) is 3.54. The molecule has 0 radical (unpaired) electrons. The van der Waals surface area contributed by atoms with Crippen molar-refractivity contribution in [3.05, 3.63) is 46.3 Å². The molecule has 0 saturated carbocycles. The first-order valence-electron chi connectivity index (χ1n) is 7.21. The molecule has 2 aromatic rings. The number of aromatic nitrogens is 1. The maximum Gasteiger partial charge on any atom is 0.251 e. The number of thiophene rings is 1. The Morgan fingerprint density at radius 3 is 3.00 bits per heavy atom. The first-order chi connectivity index (χ1) is 10.2. The molecule has 1 atom stereocenters. The number of nitrogens with one attached hydrogen (secondary N) is 2. The lowest BCUT2D eigenvalue weighted by molar-refractivity contribution is 0.0940. The number of carbonyl (C=O) groups excluding carboxylic acids is 1. The second-order valence-corrected chi connectivity index (χ2v) is 5.85. The van der Waals surface area contributed by atoms with Gasteiger partial charge in [-0.15, -0.1) is 0 Å². The molecule has 0 aromatic carbocycles. The van der Waals surface area contributed by atoms with E-state index in [0.717, 1.165) is 25.2 Å². The third kappa shape index (κ3) is 4.86. The summed E-state index contributed by atoms with van der Waals surface area (Å²) in [4.78, 5) is 16.5. The molecule has 2 heterocycles. The van der Waals surface area contributed by atoms with Gasteiger partial charge in [0.05, 0.1) is 0 Å². The number of carbonyl (C=O) groups is 1. The van der Waals surface area contributed by atoms with Crippen LogP contribution in [0.15, 0.2) is 35.2 Å². The summed E-state index contributed by atoms with van der Waals surface area (Å²) in [5.74, 6) is 0.690. The van der Waals surface area contributed by atoms with Crippen molar-refractivity contribution >= 4 is 23.1 Å². The molecule has 0 bridgehead atoms. The van der Waals surface area contributed by atoms with Crippen LogP contribution in [0.2, 0.25) is 0 Å². The SMILES string of the molecule is CCCNc1cc(C(=O)NC(C)Cc2ccsc2)ccn1. The van der Waals surface area contributed by atoms with E-state index in [1.165, 1.54) is 5.56 Å². The third-order valence-electron chi connectivity index (χ3n) is 3.08. The second kappa shape index (κ2) is 7.78. The van der Waals surface area contributed by atoms with Crippen molar-refractivity contribution < 1.29 is 4.79 Å². The number of pyridine rings is 1. The van der Waals surface area contributed by atoms with Gasteiger partial charge in [0.25, 0.3) is 5.91 Å². The summed E-state index contributed by atoms with van der Waals surface area (Å²) in [6, 6.07) is 5.73. The van der Waals surface area contributed by atoms with Crippen LogP contribution in [0, 0.1) is 0 Å². The molecule has 0 aliphatic heterocycles. The van der Waals surface area contributed by atoms with Crippen molar-refractivity contribution in [3.8, 4) is 0 Å². The fourth-order valence-electron chi connectivity index (χ4n) is 2.04. The first kappa shape index (κ1) is 15.5. The summed E-state index contributed by atoms with van der Waals surface area (Å²) >= 11 is 1.68. The lowest BCUT2D eigenvalue weighted by atomic mass is 10.1. The Balaban J connectivity index is 1.93. The standard InChI is InChI=1S/C16H21N3OS/c1-3-6-17-15-10-14(4-7-18-15)16(20)19-12(2)9-13-5-8-21-11-13/h4-5,7-8,10-12H,3,6,9H2,1-2H3,(H,17,18)(H,19,20). The van der Waals surface area contributed by atoms with Crippen molar-refractivity contribution in [1.29, 1.82) is 0 Å². The Hall–Kier alpha value is -1.88. The molecular weight excluding hydrogens is 282 g/mol. The van der Waals surface area contributed by atoms with E-state index in [4.69, 9.17) is 0 Å². The fraction of sp³-hybridized carbons (Fsp3) is 0.375. The molecule has 2 N–H and O–H groups in total. The van der Waals surface area contributed by atoms with Gasteiger partial charge in [0.2, 0.25) is 0 Å². The van der Waals surface area contributed by atoms with Crippen LogP contribution in [0.25, 0.3) is 0 Å². The smallest absolute Gasteiger partial charge is 0.251 e. The maximum absolute atomic E-state index is 12.2. The van der Waals surface area contributed by atoms with Crippen molar-refractivity contribution in [2.24, 2.45) is 0 Å². The molecule has 1 unspecified atom stereocenters. The second-order valence-electron chi connectivity index (χ2n) is 5.07. The van der Waals surface area contributed by atoms with Crippen LogP contribution in [-0.4, -0.2) is 23.5 Å². The van der Waals surface area contributed by atoms with Gasteiger partial charge in [0.1, 0.15) is 5.82 Å². The average molecular weight is 303 g/mol. The Labute approximate surface area is 129 Å². The number of rotatable bonds is 7. The summed E-state index contributed by atoms with van der Waals surface area (Å²) in [5, 5.41) is 10.4. The molecule has 4 nitrogen and oxygen atoms in total. The first-order valence-corrected chi connectivity index (χ1v) is 8.15. The zero-order valence-electron chi connectivity index (χ0n) is 12.4. The molecule has 112 valence electrons. The predicted octanol–water partition coefficient (Wildman–Crippen LogP) is 3.33. The highest BCUT2D eigenvalue weighted by Gasteiger charge is 2.11. The number of hydrogen-bond acceptors (Lipinski definition) is 4. The molecule has 2 aromatic heterocycles. The molecule has 0 saturated heterocycles. The Morgan fingerprint density at radius 2 is 2.29 bits per heavy atom. The molecular formula is C16H21N3OS. The van der Waals surface area contributed by atoms with E-state index < -0.39 is 0 Å². The summed E-state index contributed by atoms with van der Waals surface area (Å²) in [5.41, 5.74) is 1.90. The Bertz CT molecular complexity index is 569. The van der Waals surface area contributed by atoms with Crippen LogP contribution in [0.1, 0.15) is 36.2 Å². The Morgan fingerprint density at radius 1 is 1.43 bits per heavy atom. The summed E-state index contributed by atoms with van der Waals surface area (Å²) in [7, 11) is 0. The number of anilines is 1. The van der Waals surface area contributed by atoms with E-state index in [2.05, 4.69) is 39.4 Å². The molecule has 0 spiro atoms. The molecule has 0 aliphatic rings. The Kier molecular flexibility index (Phi) is 5.75. The minimum absolute atomic E-state index is 0.0559. The van der Waals surface area contributed by atoms with Gasteiger partial charge in [0.15, 0.2) is 0 Å². The van der Waals surface area contributed by atoms with Gasteiger partial charge in [-0.3, -0.25) is 4.79 Å². The van der Waals surface area contributed by atoms with Crippen LogP contribution < -0.4 is 10.6 Å². The van der Waals surface area contributed by atoms with Crippen LogP contribution in [0.3, 0.4) is 0 Å². The van der Waals surface area contributed by atoms with E-state index >= 15 is 0 Å². The average Bonchev–Trinajstić information content (AvgIpc) is 2.98. The molecule has 21 heavy (non-hydrogen) atoms. The number of nitrogens with zero attached hydrogens (tertiary/aromatic N) is 1. The van der Waals surface area contributed by atoms with Gasteiger partial charge in [-0.05, 0) is 54.3 Å². The van der Waals surface area contributed by atoms with Crippen LogP contribution in [0.4, 0.5) is 5.82 Å². The van der Waals surface area contributed by atoms with Crippen molar-refractivity contribution in [2.45, 2.75) is 32.7 Å². The van der Waals surface area contributed by atoms with Crippen molar-refractivity contribution in [1.82, 2.24) is 10.3 Å². The lowest BCUT2D eigenvalue weighted by Crippen LogP contribution is -2.34. The van der Waals surface area contributed by atoms with Gasteiger partial charge in [-0.1, -0.05) is 6.92 Å². The summed E-state index contributed by atoms with van der Waals surface area (Å²) in [6.45, 7) is 4.97. The highest BCUT2D eigenvalue weighted by Crippen LogP contribution is 2.10. The zero-order valence-corrected chi connectivity index (χ0v) is 13.2. The zero-order chi connectivity index (χ0) is 15.1. The van der Waals surface area contributed by atoms with Crippen LogP contribution in [0.5, 0.6) is 0 Å². The minimum Gasteiger partial charge on any atom is -0.370 e. The molecule has 2 rings (SSSR count). The monoisotopic (exact) mass is 303 g/mol. The van der Waals surface area contributed by atoms with E-state index in [1.807, 2.05) is 6.92 Å². The largest absolute Gasteiger partial charge is 0.370 e. The van der Waals surface area contributed by atoms with Crippen molar-refractivity contribution in [3.63, 3.8) is 0 Å². The van der Waals surface area contributed by atoms with Crippen molar-refractivity contribution in [2.75, 3.05) is 11.9 Å².